The number of nitrogens with zero attached hydrogens (tertiary/aromatic N) is 1. The number of rotatable bonds is 4. The number of hydrogen-bond acceptors (Lipinski definition) is 3. The zero-order chi connectivity index (χ0) is 13.0. The van der Waals surface area contributed by atoms with Gasteiger partial charge in [-0.1, -0.05) is 0 Å². The lowest BCUT2D eigenvalue weighted by atomic mass is 10.2. The maximum absolute atomic E-state index is 11.9. The van der Waals surface area contributed by atoms with Gasteiger partial charge in [0.25, 0.3) is 5.91 Å². The number of aromatic nitrogens is 1. The largest absolute Gasteiger partial charge is 0.348 e. The summed E-state index contributed by atoms with van der Waals surface area (Å²) in [6.45, 7) is 5.13. The Labute approximate surface area is 106 Å². The van der Waals surface area contributed by atoms with E-state index in [1.165, 1.54) is 31.2 Å². The number of carbonyl (C=O) groups excluding carboxylic acids is 1. The summed E-state index contributed by atoms with van der Waals surface area (Å²) in [4.78, 5) is 27.7. The summed E-state index contributed by atoms with van der Waals surface area (Å²) in [7, 11) is 0. The highest BCUT2D eigenvalue weighted by molar-refractivity contribution is 5.93. The molecule has 2 rings (SSSR count). The normalized spacial score (nSPS) is 17.6. The van der Waals surface area contributed by atoms with E-state index in [0.717, 1.165) is 19.6 Å². The Kier molecular flexibility index (Phi) is 4.15. The summed E-state index contributed by atoms with van der Waals surface area (Å²) in [6, 6.07) is 3.01. The summed E-state index contributed by atoms with van der Waals surface area (Å²) in [5.41, 5.74) is 0.291. The van der Waals surface area contributed by atoms with Crippen LogP contribution in [0.4, 0.5) is 0 Å². The van der Waals surface area contributed by atoms with Gasteiger partial charge in [0, 0.05) is 24.8 Å². The molecule has 5 nitrogen and oxygen atoms in total. The number of H-pyrrole nitrogens is 1. The first kappa shape index (κ1) is 12.8. The highest BCUT2D eigenvalue weighted by Crippen LogP contribution is 2.07. The van der Waals surface area contributed by atoms with Crippen LogP contribution in [-0.4, -0.2) is 41.5 Å². The monoisotopic (exact) mass is 249 g/mol. The van der Waals surface area contributed by atoms with Crippen molar-refractivity contribution in [1.29, 1.82) is 0 Å². The Balaban J connectivity index is 1.86. The molecule has 18 heavy (non-hydrogen) atoms. The standard InChI is InChI=1S/C13H19N3O2/c1-10(9-16-6-2-3-7-16)15-13(18)11-4-5-12(17)14-8-11/h4-5,8,10H,2-3,6-7,9H2,1H3,(H,14,17)(H,15,18). The zero-order valence-corrected chi connectivity index (χ0v) is 10.6. The molecule has 2 N–H and O–H groups in total. The molecule has 0 aromatic carbocycles. The predicted molar refractivity (Wildman–Crippen MR) is 69.7 cm³/mol. The second kappa shape index (κ2) is 5.82. The van der Waals surface area contributed by atoms with E-state index in [1.54, 1.807) is 0 Å². The first-order valence-electron chi connectivity index (χ1n) is 6.37. The maximum Gasteiger partial charge on any atom is 0.253 e. The highest BCUT2D eigenvalue weighted by atomic mass is 16.2. The molecule has 0 saturated carbocycles. The van der Waals surface area contributed by atoms with Crippen molar-refractivity contribution in [2.24, 2.45) is 0 Å². The average Bonchev–Trinajstić information content (AvgIpc) is 2.82. The second-order valence-corrected chi connectivity index (χ2v) is 4.82. The molecule has 0 spiro atoms. The Hall–Kier alpha value is -1.62. The van der Waals surface area contributed by atoms with Gasteiger partial charge in [-0.3, -0.25) is 9.59 Å². The third-order valence-corrected chi connectivity index (χ3v) is 3.15. The van der Waals surface area contributed by atoms with E-state index in [4.69, 9.17) is 0 Å². The number of amides is 1. The van der Waals surface area contributed by atoms with Crippen molar-refractivity contribution in [3.8, 4) is 0 Å². The van der Waals surface area contributed by atoms with Crippen molar-refractivity contribution in [1.82, 2.24) is 15.2 Å². The molecule has 2 heterocycles. The van der Waals surface area contributed by atoms with Crippen LogP contribution in [0.1, 0.15) is 30.1 Å². The van der Waals surface area contributed by atoms with Crippen molar-refractivity contribution in [3.63, 3.8) is 0 Å². The molecular formula is C13H19N3O2. The molecule has 1 aromatic heterocycles. The predicted octanol–water partition coefficient (Wildman–Crippen LogP) is 0.589. The summed E-state index contributed by atoms with van der Waals surface area (Å²) in [5.74, 6) is -0.141. The van der Waals surface area contributed by atoms with E-state index in [1.807, 2.05) is 6.92 Å². The third kappa shape index (κ3) is 3.43. The molecule has 1 aromatic rings. The minimum absolute atomic E-state index is 0.113. The van der Waals surface area contributed by atoms with Crippen LogP contribution in [0.2, 0.25) is 0 Å². The Morgan fingerprint density at radius 3 is 2.78 bits per heavy atom. The van der Waals surface area contributed by atoms with E-state index in [-0.39, 0.29) is 17.5 Å². The molecule has 98 valence electrons. The lowest BCUT2D eigenvalue weighted by molar-refractivity contribution is 0.0931. The van der Waals surface area contributed by atoms with Crippen LogP contribution < -0.4 is 10.9 Å². The first-order valence-corrected chi connectivity index (χ1v) is 6.37. The van der Waals surface area contributed by atoms with Crippen molar-refractivity contribution < 1.29 is 4.79 Å². The maximum atomic E-state index is 11.9. The van der Waals surface area contributed by atoms with Gasteiger partial charge in [-0.15, -0.1) is 0 Å². The Morgan fingerprint density at radius 2 is 2.17 bits per heavy atom. The van der Waals surface area contributed by atoms with Crippen LogP contribution in [0.15, 0.2) is 23.1 Å². The average molecular weight is 249 g/mol. The van der Waals surface area contributed by atoms with Gasteiger partial charge in [0.2, 0.25) is 5.56 Å². The summed E-state index contributed by atoms with van der Waals surface area (Å²) >= 11 is 0. The Bertz CT molecular complexity index is 443. The zero-order valence-electron chi connectivity index (χ0n) is 10.6. The minimum Gasteiger partial charge on any atom is -0.348 e. The highest BCUT2D eigenvalue weighted by Gasteiger charge is 2.16. The SMILES string of the molecule is CC(CN1CCCC1)NC(=O)c1ccc(=O)[nH]c1. The summed E-state index contributed by atoms with van der Waals surface area (Å²) in [5, 5.41) is 2.94. The van der Waals surface area contributed by atoms with Crippen LogP contribution >= 0.6 is 0 Å². The minimum atomic E-state index is -0.198. The molecule has 0 aliphatic carbocycles. The van der Waals surface area contributed by atoms with Gasteiger partial charge < -0.3 is 15.2 Å². The van der Waals surface area contributed by atoms with Gasteiger partial charge in [0.1, 0.15) is 0 Å². The number of carbonyl (C=O) groups is 1. The van der Waals surface area contributed by atoms with E-state index in [9.17, 15) is 9.59 Å². The molecule has 1 amide bonds. The lowest BCUT2D eigenvalue weighted by Crippen LogP contribution is -2.41. The fourth-order valence-electron chi connectivity index (χ4n) is 2.26. The van der Waals surface area contributed by atoms with Gasteiger partial charge in [-0.05, 0) is 38.9 Å². The number of aromatic amines is 1. The molecule has 1 aliphatic rings. The van der Waals surface area contributed by atoms with Crippen molar-refractivity contribution in [2.45, 2.75) is 25.8 Å². The molecule has 1 saturated heterocycles. The van der Waals surface area contributed by atoms with Gasteiger partial charge in [-0.25, -0.2) is 0 Å². The molecule has 1 unspecified atom stereocenters. The molecule has 1 fully saturated rings. The van der Waals surface area contributed by atoms with E-state index < -0.39 is 0 Å². The van der Waals surface area contributed by atoms with Gasteiger partial charge in [0.15, 0.2) is 0 Å². The van der Waals surface area contributed by atoms with Crippen molar-refractivity contribution >= 4 is 5.91 Å². The number of nitrogens with one attached hydrogen (secondary N) is 2. The fourth-order valence-corrected chi connectivity index (χ4v) is 2.26. The Morgan fingerprint density at radius 1 is 1.44 bits per heavy atom. The smallest absolute Gasteiger partial charge is 0.253 e. The second-order valence-electron chi connectivity index (χ2n) is 4.82. The first-order chi connectivity index (χ1) is 8.65. The van der Waals surface area contributed by atoms with E-state index in [2.05, 4.69) is 15.2 Å². The van der Waals surface area contributed by atoms with Crippen LogP contribution in [0, 0.1) is 0 Å². The van der Waals surface area contributed by atoms with Crippen LogP contribution in [-0.2, 0) is 0 Å². The molecule has 1 aliphatic heterocycles. The quantitative estimate of drug-likeness (QED) is 0.820. The number of likely N-dealkylation sites (tertiary alicyclic amines) is 1. The van der Waals surface area contributed by atoms with Gasteiger partial charge in [0.05, 0.1) is 5.56 Å². The van der Waals surface area contributed by atoms with E-state index in [0.29, 0.717) is 5.56 Å². The van der Waals surface area contributed by atoms with Crippen molar-refractivity contribution in [3.05, 3.63) is 34.2 Å². The molecule has 1 atom stereocenters. The van der Waals surface area contributed by atoms with Crippen LogP contribution in [0.3, 0.4) is 0 Å². The van der Waals surface area contributed by atoms with E-state index >= 15 is 0 Å². The third-order valence-electron chi connectivity index (χ3n) is 3.15. The molecular weight excluding hydrogens is 230 g/mol. The van der Waals surface area contributed by atoms with Crippen molar-refractivity contribution in [2.75, 3.05) is 19.6 Å². The molecule has 0 radical (unpaired) electrons. The number of hydrogen-bond donors (Lipinski definition) is 2. The molecule has 0 bridgehead atoms. The fraction of sp³-hybridized carbons (Fsp3) is 0.538. The van der Waals surface area contributed by atoms with Crippen LogP contribution in [0.5, 0.6) is 0 Å². The molecule has 5 heteroatoms. The number of pyridine rings is 1. The van der Waals surface area contributed by atoms with Gasteiger partial charge in [-0.2, -0.15) is 0 Å². The summed E-state index contributed by atoms with van der Waals surface area (Å²) < 4.78 is 0. The topological polar surface area (TPSA) is 65.2 Å². The van der Waals surface area contributed by atoms with Crippen LogP contribution in [0.25, 0.3) is 0 Å². The van der Waals surface area contributed by atoms with Gasteiger partial charge >= 0.3 is 0 Å². The lowest BCUT2D eigenvalue weighted by Gasteiger charge is -2.21. The summed E-state index contributed by atoms with van der Waals surface area (Å²) in [6.07, 6.45) is 3.95.